The number of ether oxygens (including phenoxy) is 2. The molecule has 0 saturated carbocycles. The average Bonchev–Trinajstić information content (AvgIpc) is 3.25. The molecule has 0 aliphatic carbocycles. The van der Waals surface area contributed by atoms with E-state index in [0.717, 1.165) is 22.6 Å². The number of hydrogen-bond donors (Lipinski definition) is 1. The summed E-state index contributed by atoms with van der Waals surface area (Å²) < 4.78 is 11.2. The number of benzene rings is 1. The highest BCUT2D eigenvalue weighted by Gasteiger charge is 2.17. The molecule has 1 aliphatic rings. The molecule has 4 rings (SSSR count). The van der Waals surface area contributed by atoms with E-state index in [2.05, 4.69) is 20.2 Å². The van der Waals surface area contributed by atoms with Crippen molar-refractivity contribution in [2.45, 2.75) is 18.6 Å². The van der Waals surface area contributed by atoms with Crippen molar-refractivity contribution in [3.05, 3.63) is 48.3 Å². The molecule has 0 fully saturated rings. The van der Waals surface area contributed by atoms with Gasteiger partial charge in [0.15, 0.2) is 17.3 Å². The summed E-state index contributed by atoms with van der Waals surface area (Å²) in [6.07, 6.45) is 3.40. The van der Waals surface area contributed by atoms with Crippen LogP contribution in [0.1, 0.15) is 12.5 Å². The molecule has 1 aromatic carbocycles. The first-order valence-electron chi connectivity index (χ1n) is 9.35. The number of H-pyrrole nitrogens is 1. The Bertz CT molecular complexity index is 979. The molecule has 8 nitrogen and oxygen atoms in total. The third kappa shape index (κ3) is 4.68. The van der Waals surface area contributed by atoms with E-state index in [0.29, 0.717) is 37.3 Å². The largest absolute Gasteiger partial charge is 0.486 e. The van der Waals surface area contributed by atoms with Gasteiger partial charge in [0.1, 0.15) is 13.2 Å². The van der Waals surface area contributed by atoms with E-state index in [1.165, 1.54) is 11.8 Å². The number of aromatic amines is 1. The molecule has 3 heterocycles. The lowest BCUT2D eigenvalue weighted by Crippen LogP contribution is -2.31. The van der Waals surface area contributed by atoms with Gasteiger partial charge < -0.3 is 14.4 Å². The van der Waals surface area contributed by atoms with Crippen molar-refractivity contribution >= 4 is 17.7 Å². The first kappa shape index (κ1) is 19.3. The van der Waals surface area contributed by atoms with Gasteiger partial charge in [-0.15, -0.1) is 5.10 Å². The van der Waals surface area contributed by atoms with E-state index >= 15 is 0 Å². The Labute approximate surface area is 172 Å². The minimum Gasteiger partial charge on any atom is -0.486 e. The van der Waals surface area contributed by atoms with Gasteiger partial charge >= 0.3 is 0 Å². The fourth-order valence-corrected chi connectivity index (χ4v) is 3.65. The third-order valence-electron chi connectivity index (χ3n) is 4.46. The Morgan fingerprint density at radius 1 is 1.17 bits per heavy atom. The lowest BCUT2D eigenvalue weighted by molar-refractivity contribution is -0.128. The van der Waals surface area contributed by atoms with Crippen LogP contribution in [0.2, 0.25) is 0 Å². The second-order valence-corrected chi connectivity index (χ2v) is 7.32. The second-order valence-electron chi connectivity index (χ2n) is 6.38. The summed E-state index contributed by atoms with van der Waals surface area (Å²) in [7, 11) is 0. The number of nitrogens with zero attached hydrogens (tertiary/aromatic N) is 4. The zero-order chi connectivity index (χ0) is 20.1. The van der Waals surface area contributed by atoms with Gasteiger partial charge in [-0.3, -0.25) is 14.9 Å². The summed E-state index contributed by atoms with van der Waals surface area (Å²) in [5.74, 6) is 2.44. The van der Waals surface area contributed by atoms with E-state index < -0.39 is 0 Å². The highest BCUT2D eigenvalue weighted by molar-refractivity contribution is 7.99. The van der Waals surface area contributed by atoms with E-state index in [-0.39, 0.29) is 11.7 Å². The molecule has 0 bridgehead atoms. The van der Waals surface area contributed by atoms with E-state index in [9.17, 15) is 4.79 Å². The van der Waals surface area contributed by atoms with Gasteiger partial charge in [0, 0.05) is 31.0 Å². The standard InChI is InChI=1S/C20H21N5O3S/c1-2-25(12-14-3-4-16-17(11-14)28-10-9-27-16)18(26)13-29-20-22-19(23-24-20)15-5-7-21-8-6-15/h3-8,11H,2,9-10,12-13H2,1H3,(H,22,23,24). The molecular weight excluding hydrogens is 390 g/mol. The predicted octanol–water partition coefficient (Wildman–Crippen LogP) is 2.78. The number of nitrogens with one attached hydrogen (secondary N) is 1. The van der Waals surface area contributed by atoms with Crippen molar-refractivity contribution < 1.29 is 14.3 Å². The SMILES string of the molecule is CCN(Cc1ccc2c(c1)OCCO2)C(=O)CSc1n[nH]c(-c2ccncc2)n1. The minimum atomic E-state index is 0.0302. The van der Waals surface area contributed by atoms with Crippen LogP contribution in [0, 0.1) is 0 Å². The molecule has 150 valence electrons. The quantitative estimate of drug-likeness (QED) is 0.598. The minimum absolute atomic E-state index is 0.0302. The van der Waals surface area contributed by atoms with Crippen LogP contribution < -0.4 is 9.47 Å². The summed E-state index contributed by atoms with van der Waals surface area (Å²) in [4.78, 5) is 22.9. The van der Waals surface area contributed by atoms with Gasteiger partial charge in [-0.25, -0.2) is 4.98 Å². The number of amides is 1. The van der Waals surface area contributed by atoms with Crippen LogP contribution in [0.4, 0.5) is 0 Å². The average molecular weight is 411 g/mol. The molecule has 1 aliphatic heterocycles. The molecule has 2 aromatic heterocycles. The topological polar surface area (TPSA) is 93.2 Å². The van der Waals surface area contributed by atoms with Crippen LogP contribution in [-0.2, 0) is 11.3 Å². The van der Waals surface area contributed by atoms with Crippen molar-refractivity contribution in [3.8, 4) is 22.9 Å². The van der Waals surface area contributed by atoms with E-state index in [1.807, 2.05) is 37.3 Å². The third-order valence-corrected chi connectivity index (χ3v) is 5.29. The lowest BCUT2D eigenvalue weighted by atomic mass is 10.2. The van der Waals surface area contributed by atoms with E-state index in [1.54, 1.807) is 17.3 Å². The van der Waals surface area contributed by atoms with Crippen LogP contribution in [0.25, 0.3) is 11.4 Å². The fourth-order valence-electron chi connectivity index (χ4n) is 2.95. The first-order chi connectivity index (χ1) is 14.2. The number of aromatic nitrogens is 4. The van der Waals surface area contributed by atoms with Crippen LogP contribution in [0.3, 0.4) is 0 Å². The number of thioether (sulfide) groups is 1. The molecule has 1 N–H and O–H groups in total. The predicted molar refractivity (Wildman–Crippen MR) is 109 cm³/mol. The molecule has 0 radical (unpaired) electrons. The summed E-state index contributed by atoms with van der Waals surface area (Å²) >= 11 is 1.32. The summed E-state index contributed by atoms with van der Waals surface area (Å²) in [5, 5.41) is 7.63. The summed E-state index contributed by atoms with van der Waals surface area (Å²) in [5.41, 5.74) is 1.91. The molecular formula is C20H21N5O3S. The van der Waals surface area contributed by atoms with Crippen LogP contribution in [0.5, 0.6) is 11.5 Å². The summed E-state index contributed by atoms with van der Waals surface area (Å²) in [6.45, 7) is 4.21. The second kappa shape index (κ2) is 8.95. The zero-order valence-corrected chi connectivity index (χ0v) is 16.8. The number of carbonyl (C=O) groups is 1. The van der Waals surface area contributed by atoms with E-state index in [4.69, 9.17) is 9.47 Å². The van der Waals surface area contributed by atoms with Crippen molar-refractivity contribution in [2.75, 3.05) is 25.5 Å². The molecule has 0 saturated heterocycles. The maximum atomic E-state index is 12.7. The molecule has 0 atom stereocenters. The Balaban J connectivity index is 1.35. The van der Waals surface area contributed by atoms with Crippen LogP contribution >= 0.6 is 11.8 Å². The number of carbonyl (C=O) groups excluding carboxylic acids is 1. The smallest absolute Gasteiger partial charge is 0.233 e. The van der Waals surface area contributed by atoms with Gasteiger partial charge in [0.2, 0.25) is 11.1 Å². The fraction of sp³-hybridized carbons (Fsp3) is 0.300. The first-order valence-corrected chi connectivity index (χ1v) is 10.3. The van der Waals surface area contributed by atoms with Gasteiger partial charge in [-0.1, -0.05) is 17.8 Å². The zero-order valence-electron chi connectivity index (χ0n) is 16.0. The maximum Gasteiger partial charge on any atom is 0.233 e. The molecule has 1 amide bonds. The van der Waals surface area contributed by atoms with Crippen LogP contribution in [-0.4, -0.2) is 56.5 Å². The number of fused-ring (bicyclic) bond motifs is 1. The number of rotatable bonds is 7. The Hall–Kier alpha value is -3.07. The summed E-state index contributed by atoms with van der Waals surface area (Å²) in [6, 6.07) is 9.50. The van der Waals surface area contributed by atoms with Crippen molar-refractivity contribution in [3.63, 3.8) is 0 Å². The van der Waals surface area contributed by atoms with Gasteiger partial charge in [0.05, 0.1) is 5.75 Å². The van der Waals surface area contributed by atoms with Crippen molar-refractivity contribution in [1.82, 2.24) is 25.1 Å². The Morgan fingerprint density at radius 2 is 1.97 bits per heavy atom. The van der Waals surface area contributed by atoms with Crippen molar-refractivity contribution in [1.29, 1.82) is 0 Å². The van der Waals surface area contributed by atoms with Crippen molar-refractivity contribution in [2.24, 2.45) is 0 Å². The molecule has 3 aromatic rings. The lowest BCUT2D eigenvalue weighted by Gasteiger charge is -2.23. The highest BCUT2D eigenvalue weighted by atomic mass is 32.2. The number of pyridine rings is 1. The molecule has 29 heavy (non-hydrogen) atoms. The number of hydrogen-bond acceptors (Lipinski definition) is 7. The van der Waals surface area contributed by atoms with Gasteiger partial charge in [-0.2, -0.15) is 0 Å². The molecule has 9 heteroatoms. The normalized spacial score (nSPS) is 12.6. The monoisotopic (exact) mass is 411 g/mol. The highest BCUT2D eigenvalue weighted by Crippen LogP contribution is 2.31. The van der Waals surface area contributed by atoms with Gasteiger partial charge in [-0.05, 0) is 36.8 Å². The maximum absolute atomic E-state index is 12.7. The van der Waals surface area contributed by atoms with Gasteiger partial charge in [0.25, 0.3) is 0 Å². The molecule has 0 spiro atoms. The van der Waals surface area contributed by atoms with Crippen LogP contribution in [0.15, 0.2) is 47.9 Å². The molecule has 0 unspecified atom stereocenters. The Kier molecular flexibility index (Phi) is 5.95. The Morgan fingerprint density at radius 3 is 2.76 bits per heavy atom.